The molecule has 0 radical (unpaired) electrons. The molecule has 2 aromatic carbocycles. The van der Waals surface area contributed by atoms with Crippen LogP contribution >= 0.6 is 0 Å². The van der Waals surface area contributed by atoms with E-state index in [9.17, 15) is 9.90 Å². The zero-order chi connectivity index (χ0) is 23.3. The minimum absolute atomic E-state index is 0.219. The standard InChI is InChI=1S/C12H13N.C12H18O7/c1-9(13)11-8-4-6-10-5-2-3-7-12(10)11;1-10(2)15-5-6-7(17-10)8-12(16-6,9(13)14)19-11(3,4)18-8/h2-9H,13H2,1H3;6-8H,5H2,1-4H3,(H,13,14)/t9-;6-,7+,8-,12+/m10/s1. The maximum absolute atomic E-state index is 11.5. The Hall–Kier alpha value is -2.07. The van der Waals surface area contributed by atoms with Crippen LogP contribution in [0.15, 0.2) is 42.5 Å². The molecule has 5 atom stereocenters. The number of quaternary nitrogens is 1. The first-order chi connectivity index (χ1) is 14.9. The van der Waals surface area contributed by atoms with Gasteiger partial charge in [0.1, 0.15) is 30.3 Å². The highest BCUT2D eigenvalue weighted by Crippen LogP contribution is 2.48. The van der Waals surface area contributed by atoms with E-state index in [4.69, 9.17) is 23.7 Å². The summed E-state index contributed by atoms with van der Waals surface area (Å²) < 4.78 is 27.8. The number of hydrogen-bond acceptors (Lipinski definition) is 7. The van der Waals surface area contributed by atoms with Crippen LogP contribution in [0.3, 0.4) is 0 Å². The van der Waals surface area contributed by atoms with Crippen molar-refractivity contribution in [1.29, 1.82) is 0 Å². The van der Waals surface area contributed by atoms with E-state index in [1.165, 1.54) is 16.3 Å². The Balaban J connectivity index is 0.000000165. The lowest BCUT2D eigenvalue weighted by atomic mass is 10.0. The number of hydrogen-bond donors (Lipinski definition) is 1. The Morgan fingerprint density at radius 3 is 2.41 bits per heavy atom. The monoisotopic (exact) mass is 445 g/mol. The molecule has 3 aliphatic rings. The van der Waals surface area contributed by atoms with Crippen LogP contribution in [0.5, 0.6) is 0 Å². The molecule has 0 amide bonds. The molecule has 8 nitrogen and oxygen atoms in total. The minimum Gasteiger partial charge on any atom is -0.544 e. The molecule has 0 aliphatic carbocycles. The molecule has 0 aromatic heterocycles. The lowest BCUT2D eigenvalue weighted by molar-refractivity contribution is -0.420. The fourth-order valence-electron chi connectivity index (χ4n) is 4.49. The van der Waals surface area contributed by atoms with Crippen molar-refractivity contribution in [1.82, 2.24) is 0 Å². The number of rotatable bonds is 2. The van der Waals surface area contributed by atoms with Crippen LogP contribution in [0.4, 0.5) is 0 Å². The third kappa shape index (κ3) is 4.14. The topological polar surface area (TPSA) is 114 Å². The summed E-state index contributed by atoms with van der Waals surface area (Å²) in [5.41, 5.74) is 5.39. The molecule has 3 fully saturated rings. The van der Waals surface area contributed by atoms with Crippen molar-refractivity contribution in [3.63, 3.8) is 0 Å². The normalized spacial score (nSPS) is 33.0. The number of carbonyl (C=O) groups excluding carboxylic acids is 1. The first-order valence-electron chi connectivity index (χ1n) is 10.8. The first-order valence-corrected chi connectivity index (χ1v) is 10.8. The molecule has 3 N–H and O–H groups in total. The Morgan fingerprint density at radius 2 is 1.72 bits per heavy atom. The Kier molecular flexibility index (Phi) is 5.82. The van der Waals surface area contributed by atoms with Crippen molar-refractivity contribution in [3.05, 3.63) is 48.0 Å². The van der Waals surface area contributed by atoms with Crippen LogP contribution in [0.25, 0.3) is 10.8 Å². The number of benzene rings is 2. The largest absolute Gasteiger partial charge is 0.544 e. The molecule has 5 rings (SSSR count). The van der Waals surface area contributed by atoms with Crippen LogP contribution in [-0.4, -0.2) is 48.2 Å². The maximum Gasteiger partial charge on any atom is 0.242 e. The summed E-state index contributed by atoms with van der Waals surface area (Å²) in [6.07, 6.45) is -1.99. The van der Waals surface area contributed by atoms with E-state index in [2.05, 4.69) is 55.1 Å². The first kappa shape index (κ1) is 23.1. The second-order valence-electron chi connectivity index (χ2n) is 9.41. The predicted molar refractivity (Wildman–Crippen MR) is 113 cm³/mol. The van der Waals surface area contributed by atoms with Gasteiger partial charge in [0.25, 0.3) is 0 Å². The Labute approximate surface area is 187 Å². The number of carboxylic acid groups (broad SMARTS) is 1. The average Bonchev–Trinajstić information content (AvgIpc) is 3.15. The van der Waals surface area contributed by atoms with Crippen LogP contribution < -0.4 is 10.8 Å². The summed E-state index contributed by atoms with van der Waals surface area (Å²) in [6, 6.07) is 15.2. The maximum atomic E-state index is 11.5. The van der Waals surface area contributed by atoms with Gasteiger partial charge in [0.15, 0.2) is 11.6 Å². The molecule has 32 heavy (non-hydrogen) atoms. The molecule has 174 valence electrons. The highest BCUT2D eigenvalue weighted by molar-refractivity contribution is 5.85. The van der Waals surface area contributed by atoms with Gasteiger partial charge in [-0.05, 0) is 45.4 Å². The highest BCUT2D eigenvalue weighted by Gasteiger charge is 2.68. The Morgan fingerprint density at radius 1 is 1.03 bits per heavy atom. The number of aliphatic carboxylic acids is 1. The van der Waals surface area contributed by atoms with E-state index < -0.39 is 41.6 Å². The number of ether oxygens (including phenoxy) is 5. The fraction of sp³-hybridized carbons (Fsp3) is 0.542. The average molecular weight is 446 g/mol. The summed E-state index contributed by atoms with van der Waals surface area (Å²) in [5, 5.41) is 14.1. The third-order valence-corrected chi connectivity index (χ3v) is 5.83. The van der Waals surface area contributed by atoms with E-state index in [1.54, 1.807) is 27.7 Å². The van der Waals surface area contributed by atoms with Gasteiger partial charge in [0, 0.05) is 5.56 Å². The highest BCUT2D eigenvalue weighted by atomic mass is 16.9. The smallest absolute Gasteiger partial charge is 0.242 e. The van der Waals surface area contributed by atoms with Gasteiger partial charge in [-0.15, -0.1) is 0 Å². The van der Waals surface area contributed by atoms with E-state index >= 15 is 0 Å². The number of carbonyl (C=O) groups is 1. The van der Waals surface area contributed by atoms with Crippen molar-refractivity contribution in [3.8, 4) is 0 Å². The van der Waals surface area contributed by atoms with Crippen LogP contribution in [0.1, 0.15) is 46.2 Å². The van der Waals surface area contributed by atoms with E-state index in [-0.39, 0.29) is 6.61 Å². The van der Waals surface area contributed by atoms with Gasteiger partial charge in [-0.25, -0.2) is 0 Å². The van der Waals surface area contributed by atoms with Crippen LogP contribution in [-0.2, 0) is 28.5 Å². The Bertz CT molecular complexity index is 1000. The van der Waals surface area contributed by atoms with Gasteiger partial charge in [0.2, 0.25) is 5.79 Å². The molecule has 3 heterocycles. The van der Waals surface area contributed by atoms with Crippen LogP contribution in [0.2, 0.25) is 0 Å². The molecule has 8 heteroatoms. The summed E-state index contributed by atoms with van der Waals surface area (Å²) in [6.45, 7) is 9.10. The summed E-state index contributed by atoms with van der Waals surface area (Å²) in [5.74, 6) is -5.27. The SMILES string of the molecule is CC1(C)OC[C@@H]2O[C@@]3(C(=O)[O-])OC(C)(C)O[C@H]3[C@@H]2O1.C[C@@H]([NH3+])c1cccc2ccccc12. The zero-order valence-corrected chi connectivity index (χ0v) is 19.1. The molecule has 0 spiro atoms. The van der Waals surface area contributed by atoms with Gasteiger partial charge < -0.3 is 39.3 Å². The van der Waals surface area contributed by atoms with Gasteiger partial charge >= 0.3 is 0 Å². The van der Waals surface area contributed by atoms with E-state index in [1.807, 2.05) is 0 Å². The van der Waals surface area contributed by atoms with Crippen molar-refractivity contribution >= 4 is 16.7 Å². The van der Waals surface area contributed by atoms with Crippen LogP contribution in [0, 0.1) is 0 Å². The lowest BCUT2D eigenvalue weighted by Crippen LogP contribution is -2.56. The van der Waals surface area contributed by atoms with Gasteiger partial charge in [0.05, 0.1) is 6.61 Å². The minimum atomic E-state index is -1.93. The van der Waals surface area contributed by atoms with Gasteiger partial charge in [-0.3, -0.25) is 0 Å². The molecule has 3 aliphatic heterocycles. The zero-order valence-electron chi connectivity index (χ0n) is 19.1. The number of fused-ring (bicyclic) bond motifs is 4. The summed E-state index contributed by atoms with van der Waals surface area (Å²) >= 11 is 0. The summed E-state index contributed by atoms with van der Waals surface area (Å²) in [4.78, 5) is 11.5. The molecule has 2 aromatic rings. The molecular weight excluding hydrogens is 414 g/mol. The molecule has 0 unspecified atom stereocenters. The second-order valence-corrected chi connectivity index (χ2v) is 9.41. The predicted octanol–water partition coefficient (Wildman–Crippen LogP) is 1.28. The second kappa shape index (κ2) is 8.06. The van der Waals surface area contributed by atoms with Gasteiger partial charge in [-0.2, -0.15) is 0 Å². The van der Waals surface area contributed by atoms with Crippen molar-refractivity contribution in [2.24, 2.45) is 0 Å². The molecule has 0 bridgehead atoms. The lowest BCUT2D eigenvalue weighted by Gasteiger charge is -2.38. The van der Waals surface area contributed by atoms with E-state index in [0.29, 0.717) is 6.04 Å². The quantitative estimate of drug-likeness (QED) is 0.741. The van der Waals surface area contributed by atoms with Crippen molar-refractivity contribution in [2.75, 3.05) is 6.61 Å². The molecule has 3 saturated heterocycles. The summed E-state index contributed by atoms with van der Waals surface area (Å²) in [7, 11) is 0. The third-order valence-electron chi connectivity index (χ3n) is 5.83. The van der Waals surface area contributed by atoms with E-state index in [0.717, 1.165) is 0 Å². The van der Waals surface area contributed by atoms with Gasteiger partial charge in [-0.1, -0.05) is 42.5 Å². The molecular formula is C24H31NO7. The number of carboxylic acids is 1. The fourth-order valence-corrected chi connectivity index (χ4v) is 4.49. The van der Waals surface area contributed by atoms with Crippen molar-refractivity contribution in [2.45, 2.75) is 76.3 Å². The van der Waals surface area contributed by atoms with Crippen molar-refractivity contribution < 1.29 is 39.3 Å². The molecule has 0 saturated carbocycles.